The molecule has 0 heterocycles. The van der Waals surface area contributed by atoms with Crippen LogP contribution in [0.3, 0.4) is 0 Å². The first kappa shape index (κ1) is 21.4. The molecule has 0 aliphatic heterocycles. The van der Waals surface area contributed by atoms with Crippen molar-refractivity contribution in [3.05, 3.63) is 35.4 Å². The molecular weight excluding hydrogens is 314 g/mol. The van der Waals surface area contributed by atoms with Crippen LogP contribution in [0.2, 0.25) is 0 Å². The molecule has 0 spiro atoms. The van der Waals surface area contributed by atoms with E-state index in [9.17, 15) is 9.59 Å². The van der Waals surface area contributed by atoms with Crippen LogP contribution in [0.4, 0.5) is 0 Å². The number of ketones is 1. The van der Waals surface area contributed by atoms with Crippen LogP contribution >= 0.6 is 0 Å². The van der Waals surface area contributed by atoms with Gasteiger partial charge in [0.25, 0.3) is 0 Å². The van der Waals surface area contributed by atoms with Gasteiger partial charge in [-0.05, 0) is 25.3 Å². The summed E-state index contributed by atoms with van der Waals surface area (Å²) in [5.74, 6) is -0.186. The molecular formula is C21H33NO3. The lowest BCUT2D eigenvalue weighted by Gasteiger charge is -2.11. The van der Waals surface area contributed by atoms with E-state index in [1.165, 1.54) is 25.7 Å². The summed E-state index contributed by atoms with van der Waals surface area (Å²) in [6.45, 7) is 4.41. The van der Waals surface area contributed by atoms with Crippen molar-refractivity contribution in [2.75, 3.05) is 6.61 Å². The number of esters is 1. The summed E-state index contributed by atoms with van der Waals surface area (Å²) in [4.78, 5) is 23.7. The van der Waals surface area contributed by atoms with E-state index >= 15 is 0 Å². The number of nitrogens with two attached hydrogens (primary N) is 1. The maximum Gasteiger partial charge on any atom is 0.306 e. The third kappa shape index (κ3) is 8.82. The summed E-state index contributed by atoms with van der Waals surface area (Å²) in [6, 6.07) is 6.98. The normalized spacial score (nSPS) is 12.0. The molecule has 0 aromatic heterocycles. The van der Waals surface area contributed by atoms with Crippen molar-refractivity contribution in [1.82, 2.24) is 0 Å². The molecule has 0 saturated heterocycles. The van der Waals surface area contributed by atoms with E-state index in [2.05, 4.69) is 6.92 Å². The maximum atomic E-state index is 12.4. The Labute approximate surface area is 152 Å². The van der Waals surface area contributed by atoms with E-state index in [0.717, 1.165) is 24.8 Å². The molecule has 0 bridgehead atoms. The molecule has 140 valence electrons. The minimum Gasteiger partial charge on any atom is -0.466 e. The second-order valence-electron chi connectivity index (χ2n) is 6.53. The number of aryl methyl sites for hydroxylation is 1. The first-order valence-corrected chi connectivity index (χ1v) is 9.62. The molecule has 0 aliphatic rings. The predicted molar refractivity (Wildman–Crippen MR) is 102 cm³/mol. The molecule has 1 rings (SSSR count). The fourth-order valence-corrected chi connectivity index (χ4v) is 2.80. The molecule has 0 amide bonds. The molecule has 4 nitrogen and oxygen atoms in total. The quantitative estimate of drug-likeness (QED) is 0.325. The lowest BCUT2D eigenvalue weighted by Crippen LogP contribution is -2.30. The maximum absolute atomic E-state index is 12.4. The highest BCUT2D eigenvalue weighted by Gasteiger charge is 2.15. The molecule has 2 N–H and O–H groups in total. The summed E-state index contributed by atoms with van der Waals surface area (Å²) in [6.07, 6.45) is 8.91. The Kier molecular flexibility index (Phi) is 10.8. The fraction of sp³-hybridized carbons (Fsp3) is 0.619. The molecule has 25 heavy (non-hydrogen) atoms. The Hall–Kier alpha value is -1.68. The monoisotopic (exact) mass is 347 g/mol. The topological polar surface area (TPSA) is 69.4 Å². The predicted octanol–water partition coefficient (Wildman–Crippen LogP) is 4.44. The largest absolute Gasteiger partial charge is 0.466 e. The van der Waals surface area contributed by atoms with Crippen LogP contribution in [-0.2, 0) is 16.0 Å². The summed E-state index contributed by atoms with van der Waals surface area (Å²) in [5, 5.41) is 0. The van der Waals surface area contributed by atoms with Crippen molar-refractivity contribution in [3.8, 4) is 0 Å². The average Bonchev–Trinajstić information content (AvgIpc) is 2.62. The lowest BCUT2D eigenvalue weighted by molar-refractivity contribution is -0.143. The van der Waals surface area contributed by atoms with E-state index in [1.807, 2.05) is 24.3 Å². The first-order chi connectivity index (χ1) is 12.1. The van der Waals surface area contributed by atoms with Gasteiger partial charge >= 0.3 is 5.97 Å². The molecule has 0 saturated carbocycles. The Morgan fingerprint density at radius 2 is 1.64 bits per heavy atom. The number of ether oxygens (including phenoxy) is 1. The average molecular weight is 347 g/mol. The Morgan fingerprint density at radius 1 is 1.00 bits per heavy atom. The second-order valence-corrected chi connectivity index (χ2v) is 6.53. The van der Waals surface area contributed by atoms with Gasteiger partial charge in [-0.25, -0.2) is 0 Å². The van der Waals surface area contributed by atoms with Gasteiger partial charge < -0.3 is 10.5 Å². The zero-order valence-corrected chi connectivity index (χ0v) is 15.8. The van der Waals surface area contributed by atoms with Crippen LogP contribution in [0.1, 0.15) is 81.1 Å². The van der Waals surface area contributed by atoms with Crippen molar-refractivity contribution in [3.63, 3.8) is 0 Å². The Balaban J connectivity index is 2.36. The number of Topliss-reactive ketones (excluding diaryl/α,β-unsaturated/α-hetero) is 1. The van der Waals surface area contributed by atoms with Crippen LogP contribution < -0.4 is 5.73 Å². The van der Waals surface area contributed by atoms with Crippen molar-refractivity contribution in [2.45, 2.75) is 77.7 Å². The van der Waals surface area contributed by atoms with Crippen LogP contribution in [0.25, 0.3) is 0 Å². The van der Waals surface area contributed by atoms with E-state index in [-0.39, 0.29) is 11.8 Å². The number of unbranched alkanes of at least 4 members (excludes halogenated alkanes) is 5. The van der Waals surface area contributed by atoms with Gasteiger partial charge in [-0.1, -0.05) is 69.7 Å². The highest BCUT2D eigenvalue weighted by molar-refractivity contribution is 5.99. The van der Waals surface area contributed by atoms with E-state index in [1.54, 1.807) is 6.92 Å². The second kappa shape index (κ2) is 12.6. The molecule has 1 aromatic carbocycles. The van der Waals surface area contributed by atoms with Gasteiger partial charge in [-0.2, -0.15) is 0 Å². The van der Waals surface area contributed by atoms with Gasteiger partial charge in [0.1, 0.15) is 0 Å². The number of carbonyl (C=O) groups excluding carboxylic acids is 2. The van der Waals surface area contributed by atoms with E-state index < -0.39 is 6.04 Å². The zero-order chi connectivity index (χ0) is 18.5. The van der Waals surface area contributed by atoms with Gasteiger partial charge in [0.15, 0.2) is 5.78 Å². The minimum atomic E-state index is -0.420. The van der Waals surface area contributed by atoms with Gasteiger partial charge in [0.2, 0.25) is 0 Å². The van der Waals surface area contributed by atoms with Crippen LogP contribution in [0.15, 0.2) is 24.3 Å². The van der Waals surface area contributed by atoms with Crippen LogP contribution in [-0.4, -0.2) is 24.4 Å². The lowest BCUT2D eigenvalue weighted by atomic mass is 9.97. The Bertz CT molecular complexity index is 510. The Morgan fingerprint density at radius 3 is 2.28 bits per heavy atom. The highest BCUT2D eigenvalue weighted by Crippen LogP contribution is 2.13. The number of rotatable bonds is 13. The van der Waals surface area contributed by atoms with E-state index in [4.69, 9.17) is 10.5 Å². The number of hydrogen-bond donors (Lipinski definition) is 1. The van der Waals surface area contributed by atoms with Gasteiger partial charge in [0.05, 0.1) is 12.6 Å². The third-order valence-electron chi connectivity index (χ3n) is 4.37. The summed E-state index contributed by atoms with van der Waals surface area (Å²) in [7, 11) is 0. The minimum absolute atomic E-state index is 0.00509. The van der Waals surface area contributed by atoms with Crippen LogP contribution in [0.5, 0.6) is 0 Å². The van der Waals surface area contributed by atoms with Crippen molar-refractivity contribution < 1.29 is 14.3 Å². The van der Waals surface area contributed by atoms with Crippen LogP contribution in [0, 0.1) is 0 Å². The van der Waals surface area contributed by atoms with Gasteiger partial charge in [-0.3, -0.25) is 9.59 Å². The number of carbonyl (C=O) groups is 2. The fourth-order valence-electron chi connectivity index (χ4n) is 2.80. The standard InChI is InChI=1S/C21H33NO3/c1-3-5-6-7-8-9-10-19(22)21(24)18-14-11-17(12-15-18)13-16-20(23)25-4-2/h11-12,14-15,19H,3-10,13,16,22H2,1-2H3. The molecule has 1 unspecified atom stereocenters. The molecule has 0 aliphatic carbocycles. The molecule has 1 aromatic rings. The summed E-state index contributed by atoms with van der Waals surface area (Å²) in [5.41, 5.74) is 7.72. The van der Waals surface area contributed by atoms with Crippen molar-refractivity contribution >= 4 is 11.8 Å². The summed E-state index contributed by atoms with van der Waals surface area (Å²) < 4.78 is 4.92. The van der Waals surface area contributed by atoms with Gasteiger partial charge in [-0.15, -0.1) is 0 Å². The smallest absolute Gasteiger partial charge is 0.306 e. The molecule has 4 heteroatoms. The number of hydrogen-bond acceptors (Lipinski definition) is 4. The van der Waals surface area contributed by atoms with Gasteiger partial charge in [0, 0.05) is 12.0 Å². The molecule has 0 radical (unpaired) electrons. The SMILES string of the molecule is CCCCCCCCC(N)C(=O)c1ccc(CCC(=O)OCC)cc1. The third-order valence-corrected chi connectivity index (χ3v) is 4.37. The molecule has 0 fully saturated rings. The van der Waals surface area contributed by atoms with Crippen molar-refractivity contribution in [1.29, 1.82) is 0 Å². The summed E-state index contributed by atoms with van der Waals surface area (Å²) >= 11 is 0. The molecule has 1 atom stereocenters. The van der Waals surface area contributed by atoms with Crippen molar-refractivity contribution in [2.24, 2.45) is 5.73 Å². The zero-order valence-electron chi connectivity index (χ0n) is 15.8. The first-order valence-electron chi connectivity index (χ1n) is 9.62. The van der Waals surface area contributed by atoms with E-state index in [0.29, 0.717) is 25.0 Å². The number of benzene rings is 1. The highest BCUT2D eigenvalue weighted by atomic mass is 16.5.